The van der Waals surface area contributed by atoms with Crippen molar-refractivity contribution in [3.8, 4) is 5.75 Å². The molecular formula is C13H10F3NO3S. The Hall–Kier alpha value is -2.22. The standard InChI is InChI=1S/C13H10F3NO3S/c1-20-12-6-8(14)3-5-11(12)17-21(18,19)13-7-9(15)2-4-10(13)16/h2-7,17H,1H3. The van der Waals surface area contributed by atoms with Crippen molar-refractivity contribution in [2.24, 2.45) is 0 Å². The Morgan fingerprint density at radius 1 is 1.00 bits per heavy atom. The van der Waals surface area contributed by atoms with Gasteiger partial charge in [0.15, 0.2) is 0 Å². The van der Waals surface area contributed by atoms with Crippen LogP contribution in [0.25, 0.3) is 0 Å². The molecule has 8 heteroatoms. The number of nitrogens with one attached hydrogen (secondary N) is 1. The van der Waals surface area contributed by atoms with Crippen molar-refractivity contribution in [2.75, 3.05) is 11.8 Å². The molecule has 0 aliphatic heterocycles. The summed E-state index contributed by atoms with van der Waals surface area (Å²) in [5.41, 5.74) is -0.0949. The average Bonchev–Trinajstić information content (AvgIpc) is 2.43. The maximum atomic E-state index is 13.5. The minimum atomic E-state index is -4.38. The predicted molar refractivity (Wildman–Crippen MR) is 70.1 cm³/mol. The van der Waals surface area contributed by atoms with Crippen molar-refractivity contribution in [1.29, 1.82) is 0 Å². The lowest BCUT2D eigenvalue weighted by molar-refractivity contribution is 0.413. The van der Waals surface area contributed by atoms with Crippen LogP contribution >= 0.6 is 0 Å². The van der Waals surface area contributed by atoms with E-state index in [1.165, 1.54) is 7.11 Å². The highest BCUT2D eigenvalue weighted by molar-refractivity contribution is 7.92. The van der Waals surface area contributed by atoms with Gasteiger partial charge in [-0.2, -0.15) is 0 Å². The molecular weight excluding hydrogens is 307 g/mol. The maximum Gasteiger partial charge on any atom is 0.265 e. The molecule has 0 atom stereocenters. The molecule has 2 aromatic rings. The molecule has 0 aliphatic carbocycles. The van der Waals surface area contributed by atoms with E-state index in [4.69, 9.17) is 4.74 Å². The van der Waals surface area contributed by atoms with Crippen molar-refractivity contribution in [3.05, 3.63) is 53.8 Å². The fraction of sp³-hybridized carbons (Fsp3) is 0.0769. The van der Waals surface area contributed by atoms with Gasteiger partial charge in [0, 0.05) is 6.07 Å². The van der Waals surface area contributed by atoms with Crippen molar-refractivity contribution < 1.29 is 26.3 Å². The molecule has 21 heavy (non-hydrogen) atoms. The number of hydrogen-bond donors (Lipinski definition) is 1. The van der Waals surface area contributed by atoms with Gasteiger partial charge in [0.05, 0.1) is 12.8 Å². The summed E-state index contributed by atoms with van der Waals surface area (Å²) < 4.78 is 70.6. The smallest absolute Gasteiger partial charge is 0.265 e. The fourth-order valence-corrected chi connectivity index (χ4v) is 2.79. The second kappa shape index (κ2) is 5.65. The topological polar surface area (TPSA) is 55.4 Å². The summed E-state index contributed by atoms with van der Waals surface area (Å²) in [5, 5.41) is 0. The quantitative estimate of drug-likeness (QED) is 0.943. The van der Waals surface area contributed by atoms with Crippen LogP contribution in [-0.2, 0) is 10.0 Å². The number of rotatable bonds is 4. The summed E-state index contributed by atoms with van der Waals surface area (Å²) >= 11 is 0. The van der Waals surface area contributed by atoms with Gasteiger partial charge in [-0.15, -0.1) is 0 Å². The number of halogens is 3. The highest BCUT2D eigenvalue weighted by atomic mass is 32.2. The molecule has 4 nitrogen and oxygen atoms in total. The van der Waals surface area contributed by atoms with Crippen LogP contribution in [0.4, 0.5) is 18.9 Å². The van der Waals surface area contributed by atoms with Crippen molar-refractivity contribution in [2.45, 2.75) is 4.90 Å². The lowest BCUT2D eigenvalue weighted by atomic mass is 10.3. The first-order valence-corrected chi connectivity index (χ1v) is 7.13. The molecule has 0 aliphatic rings. The van der Waals surface area contributed by atoms with Crippen LogP contribution in [-0.4, -0.2) is 15.5 Å². The summed E-state index contributed by atoms with van der Waals surface area (Å²) in [7, 11) is -3.16. The van der Waals surface area contributed by atoms with Crippen molar-refractivity contribution in [3.63, 3.8) is 0 Å². The lowest BCUT2D eigenvalue weighted by Gasteiger charge is -2.12. The van der Waals surface area contributed by atoms with Gasteiger partial charge in [-0.05, 0) is 30.3 Å². The molecule has 2 aromatic carbocycles. The molecule has 0 amide bonds. The zero-order valence-electron chi connectivity index (χ0n) is 10.7. The van der Waals surface area contributed by atoms with Crippen LogP contribution in [0.5, 0.6) is 5.75 Å². The monoisotopic (exact) mass is 317 g/mol. The third-order valence-corrected chi connectivity index (χ3v) is 3.97. The number of hydrogen-bond acceptors (Lipinski definition) is 3. The number of methoxy groups -OCH3 is 1. The Morgan fingerprint density at radius 2 is 1.62 bits per heavy atom. The van der Waals surface area contributed by atoms with Gasteiger partial charge in [0.1, 0.15) is 28.1 Å². The first-order valence-electron chi connectivity index (χ1n) is 5.65. The number of benzene rings is 2. The van der Waals surface area contributed by atoms with Crippen LogP contribution in [0.2, 0.25) is 0 Å². The minimum Gasteiger partial charge on any atom is -0.494 e. The van der Waals surface area contributed by atoms with Gasteiger partial charge < -0.3 is 4.74 Å². The van der Waals surface area contributed by atoms with Gasteiger partial charge in [-0.1, -0.05) is 0 Å². The maximum absolute atomic E-state index is 13.5. The Morgan fingerprint density at radius 3 is 2.29 bits per heavy atom. The number of sulfonamides is 1. The van der Waals surface area contributed by atoms with Crippen LogP contribution in [0.1, 0.15) is 0 Å². The zero-order chi connectivity index (χ0) is 15.6. The Kier molecular flexibility index (Phi) is 4.08. The zero-order valence-corrected chi connectivity index (χ0v) is 11.5. The van der Waals surface area contributed by atoms with E-state index in [2.05, 4.69) is 0 Å². The predicted octanol–water partition coefficient (Wildman–Crippen LogP) is 2.91. The molecule has 0 bridgehead atoms. The van der Waals surface area contributed by atoms with Crippen LogP contribution < -0.4 is 9.46 Å². The molecule has 0 saturated heterocycles. The fourth-order valence-electron chi connectivity index (χ4n) is 1.63. The van der Waals surface area contributed by atoms with E-state index in [-0.39, 0.29) is 11.4 Å². The number of ether oxygens (including phenoxy) is 1. The number of anilines is 1. The van der Waals surface area contributed by atoms with Gasteiger partial charge in [-0.3, -0.25) is 4.72 Å². The second-order valence-corrected chi connectivity index (χ2v) is 5.68. The molecule has 1 N–H and O–H groups in total. The molecule has 0 spiro atoms. The highest BCUT2D eigenvalue weighted by Gasteiger charge is 2.21. The SMILES string of the molecule is COc1cc(F)ccc1NS(=O)(=O)c1cc(F)ccc1F. The van der Waals surface area contributed by atoms with E-state index in [0.717, 1.165) is 24.3 Å². The molecule has 0 fully saturated rings. The molecule has 2 rings (SSSR count). The summed E-state index contributed by atoms with van der Waals surface area (Å²) in [6.07, 6.45) is 0. The highest BCUT2D eigenvalue weighted by Crippen LogP contribution is 2.28. The first kappa shape index (κ1) is 15.2. The largest absolute Gasteiger partial charge is 0.494 e. The molecule has 0 aromatic heterocycles. The molecule has 0 heterocycles. The second-order valence-electron chi connectivity index (χ2n) is 4.02. The third-order valence-electron chi connectivity index (χ3n) is 2.59. The van der Waals surface area contributed by atoms with E-state index >= 15 is 0 Å². The van der Waals surface area contributed by atoms with Gasteiger partial charge in [0.2, 0.25) is 0 Å². The summed E-state index contributed by atoms with van der Waals surface area (Å²) in [5.74, 6) is -2.73. The van der Waals surface area contributed by atoms with Crippen molar-refractivity contribution in [1.82, 2.24) is 0 Å². The van der Waals surface area contributed by atoms with Crippen LogP contribution in [0.15, 0.2) is 41.3 Å². The van der Waals surface area contributed by atoms with Crippen LogP contribution in [0.3, 0.4) is 0 Å². The minimum absolute atomic E-state index is 0.0876. The first-order chi connectivity index (χ1) is 9.83. The van der Waals surface area contributed by atoms with E-state index < -0.39 is 32.4 Å². The Bertz CT molecular complexity index is 778. The van der Waals surface area contributed by atoms with E-state index in [9.17, 15) is 21.6 Å². The average molecular weight is 317 g/mol. The summed E-state index contributed by atoms with van der Waals surface area (Å²) in [6, 6.07) is 5.12. The van der Waals surface area contributed by atoms with E-state index in [0.29, 0.717) is 12.1 Å². The summed E-state index contributed by atoms with van der Waals surface area (Å²) in [6.45, 7) is 0. The molecule has 0 radical (unpaired) electrons. The van der Waals surface area contributed by atoms with Crippen LogP contribution in [0, 0.1) is 17.5 Å². The molecule has 0 unspecified atom stereocenters. The van der Waals surface area contributed by atoms with Crippen molar-refractivity contribution >= 4 is 15.7 Å². The summed E-state index contributed by atoms with van der Waals surface area (Å²) in [4.78, 5) is -0.853. The molecule has 0 saturated carbocycles. The van der Waals surface area contributed by atoms with Gasteiger partial charge in [-0.25, -0.2) is 21.6 Å². The lowest BCUT2D eigenvalue weighted by Crippen LogP contribution is -2.15. The van der Waals surface area contributed by atoms with E-state index in [1.54, 1.807) is 0 Å². The van der Waals surface area contributed by atoms with E-state index in [1.807, 2.05) is 4.72 Å². The molecule has 112 valence electrons. The Labute approximate surface area is 119 Å². The van der Waals surface area contributed by atoms with Gasteiger partial charge >= 0.3 is 0 Å². The van der Waals surface area contributed by atoms with Gasteiger partial charge in [0.25, 0.3) is 10.0 Å². The third kappa shape index (κ3) is 3.27. The Balaban J connectivity index is 2.45. The normalized spacial score (nSPS) is 11.2.